The number of thiazole rings is 1. The van der Waals surface area contributed by atoms with Crippen LogP contribution in [0.4, 0.5) is 0 Å². The molecule has 0 aliphatic rings. The second-order valence-corrected chi connectivity index (χ2v) is 9.55. The molecule has 1 atom stereocenters. The predicted molar refractivity (Wildman–Crippen MR) is 120 cm³/mol. The summed E-state index contributed by atoms with van der Waals surface area (Å²) in [5, 5.41) is 12.6. The number of oxime groups is 1. The average molecular weight is 454 g/mol. The van der Waals surface area contributed by atoms with Gasteiger partial charge in [-0.15, -0.1) is 11.3 Å². The van der Waals surface area contributed by atoms with E-state index >= 15 is 0 Å². The highest BCUT2D eigenvalue weighted by Gasteiger charge is 2.24. The van der Waals surface area contributed by atoms with E-state index in [1.807, 2.05) is 12.1 Å². The smallest absolute Gasteiger partial charge is 0.241 e. The van der Waals surface area contributed by atoms with Crippen LogP contribution in [-0.2, 0) is 16.4 Å². The van der Waals surface area contributed by atoms with Crippen molar-refractivity contribution in [1.29, 1.82) is 0 Å². The quantitative estimate of drug-likeness (QED) is 0.171. The van der Waals surface area contributed by atoms with Crippen molar-refractivity contribution >= 4 is 37.4 Å². The summed E-state index contributed by atoms with van der Waals surface area (Å²) in [6.45, 7) is 0. The summed E-state index contributed by atoms with van der Waals surface area (Å²) in [6, 6.07) is 16.5. The van der Waals surface area contributed by atoms with Crippen LogP contribution < -0.4 is 10.5 Å². The van der Waals surface area contributed by atoms with Gasteiger partial charge >= 0.3 is 0 Å². The fraction of sp³-hybridized carbons (Fsp3) is 0.0952. The Bertz CT molecular complexity index is 1300. The van der Waals surface area contributed by atoms with Crippen LogP contribution >= 0.6 is 11.3 Å². The zero-order chi connectivity index (χ0) is 21.8. The van der Waals surface area contributed by atoms with Crippen LogP contribution in [-0.4, -0.2) is 29.4 Å². The Labute approximate surface area is 183 Å². The lowest BCUT2D eigenvalue weighted by Gasteiger charge is -2.17. The first-order valence-electron chi connectivity index (χ1n) is 9.31. The molecule has 0 fully saturated rings. The lowest BCUT2D eigenvalue weighted by atomic mass is 10.0. The average Bonchev–Trinajstić information content (AvgIpc) is 3.23. The third-order valence-corrected chi connectivity index (χ3v) is 7.26. The molecule has 2 aromatic carbocycles. The summed E-state index contributed by atoms with van der Waals surface area (Å²) in [6.07, 6.45) is 3.65. The van der Waals surface area contributed by atoms with Gasteiger partial charge in [0.15, 0.2) is 5.84 Å². The van der Waals surface area contributed by atoms with Crippen LogP contribution in [0.25, 0.3) is 10.2 Å². The molecule has 0 radical (unpaired) electrons. The Morgan fingerprint density at radius 1 is 1.16 bits per heavy atom. The third-order valence-electron chi connectivity index (χ3n) is 4.63. The highest BCUT2D eigenvalue weighted by molar-refractivity contribution is 7.89. The minimum atomic E-state index is -3.78. The normalized spacial score (nSPS) is 13.4. The number of sulfonamides is 1. The minimum absolute atomic E-state index is 0.0191. The van der Waals surface area contributed by atoms with E-state index in [0.717, 1.165) is 10.3 Å². The van der Waals surface area contributed by atoms with Crippen LogP contribution in [0.15, 0.2) is 83.1 Å². The van der Waals surface area contributed by atoms with E-state index in [9.17, 15) is 8.42 Å². The summed E-state index contributed by atoms with van der Waals surface area (Å²) < 4.78 is 29.8. The van der Waals surface area contributed by atoms with Gasteiger partial charge in [-0.2, -0.15) is 0 Å². The van der Waals surface area contributed by atoms with Gasteiger partial charge in [0.25, 0.3) is 0 Å². The predicted octanol–water partition coefficient (Wildman–Crippen LogP) is 3.05. The molecule has 0 saturated carbocycles. The Hall–Kier alpha value is -3.34. The Balaban J connectivity index is 1.72. The molecule has 0 aliphatic carbocycles. The van der Waals surface area contributed by atoms with Crippen molar-refractivity contribution in [3.63, 3.8) is 0 Å². The van der Waals surface area contributed by atoms with Gasteiger partial charge in [-0.1, -0.05) is 41.6 Å². The largest absolute Gasteiger partial charge is 0.409 e. The van der Waals surface area contributed by atoms with Gasteiger partial charge in [0.2, 0.25) is 10.0 Å². The number of pyridine rings is 1. The van der Waals surface area contributed by atoms with E-state index in [0.29, 0.717) is 22.5 Å². The molecule has 0 saturated heterocycles. The molecule has 158 valence electrons. The van der Waals surface area contributed by atoms with Gasteiger partial charge in [0, 0.05) is 11.8 Å². The number of nitrogens with zero attached hydrogens (tertiary/aromatic N) is 3. The third kappa shape index (κ3) is 4.71. The molecule has 0 bridgehead atoms. The second kappa shape index (κ2) is 8.80. The molecule has 8 nitrogen and oxygen atoms in total. The number of nitrogens with one attached hydrogen (secondary N) is 1. The van der Waals surface area contributed by atoms with E-state index in [-0.39, 0.29) is 10.7 Å². The fourth-order valence-corrected chi connectivity index (χ4v) is 5.41. The molecule has 0 spiro atoms. The molecule has 1 unspecified atom stereocenters. The van der Waals surface area contributed by atoms with Gasteiger partial charge in [-0.3, -0.25) is 4.98 Å². The first kappa shape index (κ1) is 20.9. The van der Waals surface area contributed by atoms with E-state index in [4.69, 9.17) is 10.9 Å². The SMILES string of the molecule is NC(=NO)c1cccc(CC(NS(=O)(=O)c2ccccc2)c2nc3cnccc3s2)c1. The molecule has 2 heterocycles. The van der Waals surface area contributed by atoms with Crippen LogP contribution in [0.1, 0.15) is 22.2 Å². The summed E-state index contributed by atoms with van der Waals surface area (Å²) in [5.74, 6) is -0.0191. The molecule has 10 heteroatoms. The number of hydrogen-bond donors (Lipinski definition) is 3. The van der Waals surface area contributed by atoms with Crippen molar-refractivity contribution in [2.45, 2.75) is 17.4 Å². The number of rotatable bonds is 7. The highest BCUT2D eigenvalue weighted by Crippen LogP contribution is 2.29. The van der Waals surface area contributed by atoms with Gasteiger partial charge in [0.05, 0.1) is 27.4 Å². The molecule has 31 heavy (non-hydrogen) atoms. The van der Waals surface area contributed by atoms with Crippen molar-refractivity contribution < 1.29 is 13.6 Å². The monoisotopic (exact) mass is 453 g/mol. The van der Waals surface area contributed by atoms with Gasteiger partial charge in [-0.25, -0.2) is 18.1 Å². The number of hydrogen-bond acceptors (Lipinski definition) is 7. The number of amidine groups is 1. The van der Waals surface area contributed by atoms with Crippen molar-refractivity contribution in [2.75, 3.05) is 0 Å². The van der Waals surface area contributed by atoms with Crippen LogP contribution in [0.3, 0.4) is 0 Å². The summed E-state index contributed by atoms with van der Waals surface area (Å²) in [5.41, 5.74) is 7.76. The Morgan fingerprint density at radius 3 is 2.71 bits per heavy atom. The fourth-order valence-electron chi connectivity index (χ4n) is 3.13. The van der Waals surface area contributed by atoms with Crippen LogP contribution in [0.2, 0.25) is 0 Å². The molecule has 0 aliphatic heterocycles. The lowest BCUT2D eigenvalue weighted by molar-refractivity contribution is 0.318. The van der Waals surface area contributed by atoms with Gasteiger partial charge in [0.1, 0.15) is 5.01 Å². The summed E-state index contributed by atoms with van der Waals surface area (Å²) >= 11 is 1.41. The van der Waals surface area contributed by atoms with Gasteiger partial charge in [-0.05, 0) is 36.2 Å². The topological polar surface area (TPSA) is 131 Å². The van der Waals surface area contributed by atoms with Crippen LogP contribution in [0.5, 0.6) is 0 Å². The summed E-state index contributed by atoms with van der Waals surface area (Å²) in [7, 11) is -3.78. The molecule has 4 N–H and O–H groups in total. The Kier molecular flexibility index (Phi) is 5.94. The van der Waals surface area contributed by atoms with Crippen molar-refractivity contribution in [2.24, 2.45) is 10.9 Å². The van der Waals surface area contributed by atoms with Crippen molar-refractivity contribution in [1.82, 2.24) is 14.7 Å². The zero-order valence-electron chi connectivity index (χ0n) is 16.2. The summed E-state index contributed by atoms with van der Waals surface area (Å²) in [4.78, 5) is 8.86. The minimum Gasteiger partial charge on any atom is -0.409 e. The second-order valence-electron chi connectivity index (χ2n) is 6.77. The van der Waals surface area contributed by atoms with E-state index in [1.165, 1.54) is 11.3 Å². The van der Waals surface area contributed by atoms with E-state index in [2.05, 4.69) is 19.8 Å². The van der Waals surface area contributed by atoms with Crippen LogP contribution in [0, 0.1) is 0 Å². The molecule has 2 aromatic heterocycles. The maximum atomic E-state index is 13.0. The molecular formula is C21H19N5O3S2. The number of benzene rings is 2. The van der Waals surface area contributed by atoms with E-state index < -0.39 is 16.1 Å². The van der Waals surface area contributed by atoms with Crippen molar-refractivity contribution in [3.05, 3.63) is 89.2 Å². The number of nitrogens with two attached hydrogens (primary N) is 1. The maximum absolute atomic E-state index is 13.0. The van der Waals surface area contributed by atoms with Gasteiger partial charge < -0.3 is 10.9 Å². The number of aromatic nitrogens is 2. The first-order valence-corrected chi connectivity index (χ1v) is 11.6. The maximum Gasteiger partial charge on any atom is 0.241 e. The molecule has 4 rings (SSSR count). The number of fused-ring (bicyclic) bond motifs is 1. The Morgan fingerprint density at radius 2 is 1.97 bits per heavy atom. The molecular weight excluding hydrogens is 434 g/mol. The van der Waals surface area contributed by atoms with Crippen molar-refractivity contribution in [3.8, 4) is 0 Å². The zero-order valence-corrected chi connectivity index (χ0v) is 17.8. The molecule has 4 aromatic rings. The van der Waals surface area contributed by atoms with E-state index in [1.54, 1.807) is 60.9 Å². The highest BCUT2D eigenvalue weighted by atomic mass is 32.2. The molecule has 0 amide bonds. The standard InChI is InChI=1S/C21H19N5O3S2/c22-20(25-27)15-6-4-5-14(11-15)12-17(21-24-18-13-23-10-9-19(18)30-21)26-31(28,29)16-7-2-1-3-8-16/h1-11,13,17,26-27H,12H2,(H2,22,25). The first-order chi connectivity index (χ1) is 15.0. The lowest BCUT2D eigenvalue weighted by Crippen LogP contribution is -2.30.